The lowest BCUT2D eigenvalue weighted by molar-refractivity contribution is -0.138. The van der Waals surface area contributed by atoms with Crippen molar-refractivity contribution in [2.75, 3.05) is 18.1 Å². The van der Waals surface area contributed by atoms with Crippen LogP contribution in [0.4, 0.5) is 5.82 Å². The Balaban J connectivity index is 2.21. The maximum absolute atomic E-state index is 13.1. The van der Waals surface area contributed by atoms with E-state index in [0.717, 1.165) is 19.3 Å². The van der Waals surface area contributed by atoms with Gasteiger partial charge >= 0.3 is 5.97 Å². The van der Waals surface area contributed by atoms with Crippen LogP contribution < -0.4 is 15.8 Å². The summed E-state index contributed by atoms with van der Waals surface area (Å²) >= 11 is 0. The molecule has 1 aliphatic heterocycles. The van der Waals surface area contributed by atoms with E-state index in [1.54, 1.807) is 25.3 Å². The standard InChI is InChI=1S/C21H26N4O4/c1-4-6-8-12-25-18-15(20(27)24-11-9-7-10-17(24)23-18)13-16(21(28)29-5-2)19(25)22-14(3)26/h7,9-11,13,19H,4-6,8,12H2,1-3H3,(H,22,26). The van der Waals surface area contributed by atoms with Crippen LogP contribution >= 0.6 is 0 Å². The van der Waals surface area contributed by atoms with Crippen molar-refractivity contribution < 1.29 is 14.3 Å². The fourth-order valence-electron chi connectivity index (χ4n) is 3.46. The Hall–Kier alpha value is -3.16. The zero-order valence-corrected chi connectivity index (χ0v) is 17.0. The van der Waals surface area contributed by atoms with E-state index >= 15 is 0 Å². The highest BCUT2D eigenvalue weighted by Gasteiger charge is 2.36. The number of hydrogen-bond acceptors (Lipinski definition) is 6. The number of hydrogen-bond donors (Lipinski definition) is 1. The van der Waals surface area contributed by atoms with E-state index in [4.69, 9.17) is 4.74 Å². The Morgan fingerprint density at radius 1 is 1.24 bits per heavy atom. The largest absolute Gasteiger partial charge is 0.463 e. The van der Waals surface area contributed by atoms with Crippen LogP contribution in [0, 0.1) is 0 Å². The molecule has 3 heterocycles. The number of nitrogens with one attached hydrogen (secondary N) is 1. The smallest absolute Gasteiger partial charge is 0.338 e. The number of nitrogens with zero attached hydrogens (tertiary/aromatic N) is 3. The van der Waals surface area contributed by atoms with Crippen molar-refractivity contribution in [1.82, 2.24) is 14.7 Å². The summed E-state index contributed by atoms with van der Waals surface area (Å²) in [6.45, 7) is 5.94. The third-order valence-electron chi connectivity index (χ3n) is 4.78. The summed E-state index contributed by atoms with van der Waals surface area (Å²) in [6, 6.07) is 5.31. The van der Waals surface area contributed by atoms with Crippen molar-refractivity contribution in [1.29, 1.82) is 0 Å². The van der Waals surface area contributed by atoms with Crippen LogP contribution in [0.3, 0.4) is 0 Å². The Morgan fingerprint density at radius 3 is 2.72 bits per heavy atom. The van der Waals surface area contributed by atoms with Crippen LogP contribution in [0.5, 0.6) is 0 Å². The number of carbonyl (C=O) groups is 2. The van der Waals surface area contributed by atoms with Crippen molar-refractivity contribution in [3.63, 3.8) is 0 Å². The molecule has 1 aliphatic rings. The monoisotopic (exact) mass is 398 g/mol. The minimum absolute atomic E-state index is 0.195. The van der Waals surface area contributed by atoms with Gasteiger partial charge in [-0.25, -0.2) is 9.78 Å². The van der Waals surface area contributed by atoms with Gasteiger partial charge in [-0.1, -0.05) is 25.8 Å². The SMILES string of the molecule is CCCCCN1c2nc3ccccn3c(=O)c2C=C(C(=O)OCC)C1NC(C)=O. The molecule has 1 atom stereocenters. The maximum atomic E-state index is 13.1. The summed E-state index contributed by atoms with van der Waals surface area (Å²) in [4.78, 5) is 44.2. The third-order valence-corrected chi connectivity index (χ3v) is 4.78. The number of rotatable bonds is 7. The fraction of sp³-hybridized carbons (Fsp3) is 0.429. The van der Waals surface area contributed by atoms with E-state index in [0.29, 0.717) is 23.6 Å². The maximum Gasteiger partial charge on any atom is 0.338 e. The number of ether oxygens (including phenoxy) is 1. The average molecular weight is 398 g/mol. The van der Waals surface area contributed by atoms with Gasteiger partial charge in [0.1, 0.15) is 17.6 Å². The van der Waals surface area contributed by atoms with Crippen LogP contribution in [-0.2, 0) is 14.3 Å². The molecule has 0 aliphatic carbocycles. The molecule has 8 heteroatoms. The topological polar surface area (TPSA) is 93.0 Å². The molecule has 0 radical (unpaired) electrons. The summed E-state index contributed by atoms with van der Waals surface area (Å²) in [5.74, 6) is -0.384. The molecule has 1 N–H and O–H groups in total. The van der Waals surface area contributed by atoms with E-state index in [1.165, 1.54) is 17.4 Å². The molecule has 2 aromatic heterocycles. The van der Waals surface area contributed by atoms with Crippen molar-refractivity contribution >= 4 is 29.4 Å². The van der Waals surface area contributed by atoms with Gasteiger partial charge in [-0.2, -0.15) is 0 Å². The number of anilines is 1. The second-order valence-electron chi connectivity index (χ2n) is 6.91. The molecule has 29 heavy (non-hydrogen) atoms. The average Bonchev–Trinajstić information content (AvgIpc) is 2.69. The fourth-order valence-corrected chi connectivity index (χ4v) is 3.46. The van der Waals surface area contributed by atoms with Crippen molar-refractivity contribution in [2.24, 2.45) is 0 Å². The molecule has 0 bridgehead atoms. The first-order valence-electron chi connectivity index (χ1n) is 9.91. The normalized spacial score (nSPS) is 15.6. The van der Waals surface area contributed by atoms with E-state index in [9.17, 15) is 14.4 Å². The summed E-state index contributed by atoms with van der Waals surface area (Å²) in [7, 11) is 0. The van der Waals surface area contributed by atoms with Crippen LogP contribution in [0.1, 0.15) is 45.6 Å². The summed E-state index contributed by atoms with van der Waals surface area (Å²) in [6.07, 6.45) is 5.22. The van der Waals surface area contributed by atoms with Crippen LogP contribution in [0.2, 0.25) is 0 Å². The number of unbranched alkanes of at least 4 members (excludes halogenated alkanes) is 2. The molecule has 0 fully saturated rings. The second kappa shape index (κ2) is 8.89. The van der Waals surface area contributed by atoms with Gasteiger partial charge < -0.3 is 15.0 Å². The summed E-state index contributed by atoms with van der Waals surface area (Å²) in [5, 5.41) is 2.83. The first-order chi connectivity index (χ1) is 14.0. The molecule has 0 aromatic carbocycles. The highest BCUT2D eigenvalue weighted by molar-refractivity contribution is 5.99. The molecule has 0 saturated carbocycles. The van der Waals surface area contributed by atoms with Crippen LogP contribution in [0.25, 0.3) is 11.7 Å². The first kappa shape index (κ1) is 20.6. The van der Waals surface area contributed by atoms with Crippen molar-refractivity contribution in [3.8, 4) is 0 Å². The zero-order chi connectivity index (χ0) is 21.0. The van der Waals surface area contributed by atoms with Gasteiger partial charge in [0.15, 0.2) is 0 Å². The van der Waals surface area contributed by atoms with Gasteiger partial charge in [0.05, 0.1) is 17.7 Å². The van der Waals surface area contributed by atoms with E-state index in [2.05, 4.69) is 17.2 Å². The van der Waals surface area contributed by atoms with Gasteiger partial charge in [0.2, 0.25) is 5.91 Å². The Bertz CT molecular complexity index is 1010. The van der Waals surface area contributed by atoms with E-state index in [1.807, 2.05) is 11.0 Å². The number of pyridine rings is 1. The molecule has 154 valence electrons. The number of carbonyl (C=O) groups excluding carboxylic acids is 2. The Morgan fingerprint density at radius 2 is 2.03 bits per heavy atom. The molecule has 1 unspecified atom stereocenters. The quantitative estimate of drug-likeness (QED) is 0.567. The van der Waals surface area contributed by atoms with Gasteiger partial charge in [-0.3, -0.25) is 14.0 Å². The molecule has 0 saturated heterocycles. The van der Waals surface area contributed by atoms with Crippen molar-refractivity contribution in [2.45, 2.75) is 46.2 Å². The second-order valence-corrected chi connectivity index (χ2v) is 6.91. The predicted molar refractivity (Wildman–Crippen MR) is 111 cm³/mol. The molecule has 1 amide bonds. The zero-order valence-electron chi connectivity index (χ0n) is 17.0. The van der Waals surface area contributed by atoms with E-state index < -0.39 is 12.1 Å². The molecular formula is C21H26N4O4. The highest BCUT2D eigenvalue weighted by atomic mass is 16.5. The molecule has 2 aromatic rings. The lowest BCUT2D eigenvalue weighted by atomic mass is 10.0. The van der Waals surface area contributed by atoms with E-state index in [-0.39, 0.29) is 23.6 Å². The van der Waals surface area contributed by atoms with Gasteiger partial charge in [0, 0.05) is 19.7 Å². The van der Waals surface area contributed by atoms with Gasteiger partial charge in [-0.15, -0.1) is 0 Å². The Kier molecular flexibility index (Phi) is 6.31. The number of aromatic nitrogens is 2. The highest BCUT2D eigenvalue weighted by Crippen LogP contribution is 2.30. The third kappa shape index (κ3) is 4.16. The Labute approximate surface area is 169 Å². The summed E-state index contributed by atoms with van der Waals surface area (Å²) < 4.78 is 6.64. The molecule has 8 nitrogen and oxygen atoms in total. The van der Waals surface area contributed by atoms with Crippen LogP contribution in [-0.4, -0.2) is 40.6 Å². The van der Waals surface area contributed by atoms with Gasteiger partial charge in [-0.05, 0) is 31.6 Å². The lowest BCUT2D eigenvalue weighted by Crippen LogP contribution is -2.53. The number of amides is 1. The summed E-state index contributed by atoms with van der Waals surface area (Å²) in [5.41, 5.74) is 0.774. The lowest BCUT2D eigenvalue weighted by Gasteiger charge is -2.37. The molecule has 3 rings (SSSR count). The molecular weight excluding hydrogens is 372 g/mol. The molecule has 0 spiro atoms. The minimum Gasteiger partial charge on any atom is -0.463 e. The minimum atomic E-state index is -0.742. The van der Waals surface area contributed by atoms with Crippen molar-refractivity contribution in [3.05, 3.63) is 45.9 Å². The van der Waals surface area contributed by atoms with Crippen LogP contribution in [0.15, 0.2) is 34.8 Å². The number of fused-ring (bicyclic) bond motifs is 2. The first-order valence-corrected chi connectivity index (χ1v) is 9.91. The van der Waals surface area contributed by atoms with Gasteiger partial charge in [0.25, 0.3) is 5.56 Å². The predicted octanol–water partition coefficient (Wildman–Crippen LogP) is 2.11. The number of esters is 1.